The van der Waals surface area contributed by atoms with Gasteiger partial charge >= 0.3 is 5.97 Å². The third-order valence-corrected chi connectivity index (χ3v) is 5.38. The highest BCUT2D eigenvalue weighted by atomic mass is 32.2. The van der Waals surface area contributed by atoms with Crippen molar-refractivity contribution in [2.75, 3.05) is 7.11 Å². The van der Waals surface area contributed by atoms with E-state index in [4.69, 9.17) is 13.6 Å². The number of aromatic nitrogens is 3. The van der Waals surface area contributed by atoms with Crippen LogP contribution in [0.4, 0.5) is 0 Å². The van der Waals surface area contributed by atoms with Crippen LogP contribution in [0.3, 0.4) is 0 Å². The fourth-order valence-corrected chi connectivity index (χ4v) is 3.87. The highest BCUT2D eigenvalue weighted by Gasteiger charge is 2.19. The first-order chi connectivity index (χ1) is 14.2. The number of thioether (sulfide) groups is 1. The van der Waals surface area contributed by atoms with Gasteiger partial charge in [0.25, 0.3) is 0 Å². The molecule has 3 aromatic heterocycles. The van der Waals surface area contributed by atoms with Crippen LogP contribution in [0.25, 0.3) is 11.4 Å². The highest BCUT2D eigenvalue weighted by molar-refractivity contribution is 7.98. The molecule has 0 amide bonds. The summed E-state index contributed by atoms with van der Waals surface area (Å²) in [4.78, 5) is 11.8. The summed E-state index contributed by atoms with van der Waals surface area (Å²) in [5.41, 5.74) is 2.87. The molecule has 0 saturated carbocycles. The molecule has 3 heterocycles. The van der Waals surface area contributed by atoms with Gasteiger partial charge in [0.1, 0.15) is 5.76 Å². The van der Waals surface area contributed by atoms with Gasteiger partial charge in [-0.2, -0.15) is 0 Å². The van der Waals surface area contributed by atoms with Gasteiger partial charge in [-0.25, -0.2) is 4.79 Å². The average molecular weight is 409 g/mol. The molecule has 0 radical (unpaired) electrons. The summed E-state index contributed by atoms with van der Waals surface area (Å²) in [5.74, 6) is 1.76. The Morgan fingerprint density at radius 2 is 2.03 bits per heavy atom. The molecule has 148 valence electrons. The number of carbonyl (C=O) groups is 1. The van der Waals surface area contributed by atoms with Gasteiger partial charge in [-0.05, 0) is 31.2 Å². The van der Waals surface area contributed by atoms with Gasteiger partial charge in [0.05, 0.1) is 26.2 Å². The maximum Gasteiger partial charge on any atom is 0.374 e. The van der Waals surface area contributed by atoms with Crippen LogP contribution >= 0.6 is 11.8 Å². The predicted molar refractivity (Wildman–Crippen MR) is 108 cm³/mol. The predicted octanol–water partition coefficient (Wildman–Crippen LogP) is 4.57. The molecule has 7 nitrogen and oxygen atoms in total. The number of benzene rings is 1. The molecule has 8 heteroatoms. The fourth-order valence-electron chi connectivity index (χ4n) is 2.96. The van der Waals surface area contributed by atoms with E-state index in [1.165, 1.54) is 25.1 Å². The van der Waals surface area contributed by atoms with E-state index in [2.05, 4.69) is 16.3 Å². The van der Waals surface area contributed by atoms with Crippen LogP contribution in [0.2, 0.25) is 0 Å². The van der Waals surface area contributed by atoms with Gasteiger partial charge in [-0.1, -0.05) is 35.5 Å². The van der Waals surface area contributed by atoms with Crippen molar-refractivity contribution in [2.24, 2.45) is 0 Å². The number of methoxy groups -OCH3 is 1. The van der Waals surface area contributed by atoms with Gasteiger partial charge in [0, 0.05) is 16.9 Å². The van der Waals surface area contributed by atoms with E-state index in [9.17, 15) is 4.79 Å². The number of nitrogens with zero attached hydrogens (tertiary/aromatic N) is 3. The van der Waals surface area contributed by atoms with Gasteiger partial charge in [0.15, 0.2) is 11.0 Å². The van der Waals surface area contributed by atoms with Gasteiger partial charge in [-0.15, -0.1) is 10.2 Å². The van der Waals surface area contributed by atoms with Gasteiger partial charge in [0.2, 0.25) is 5.76 Å². The normalized spacial score (nSPS) is 11.0. The molecule has 4 rings (SSSR count). The first kappa shape index (κ1) is 19.1. The molecule has 0 aliphatic heterocycles. The minimum absolute atomic E-state index is 0.205. The standard InChI is InChI=1S/C21H19N3O4S/c1-14-5-3-6-15(11-14)19-22-23-21(24(19)12-17-7-4-9-27-17)29-13-16-8-10-28-18(16)20(25)26-2/h3-11H,12-13H2,1-2H3. The zero-order valence-corrected chi connectivity index (χ0v) is 16.8. The lowest BCUT2D eigenvalue weighted by atomic mass is 10.1. The Balaban J connectivity index is 1.65. The van der Waals surface area contributed by atoms with E-state index < -0.39 is 5.97 Å². The first-order valence-electron chi connectivity index (χ1n) is 8.96. The molecular weight excluding hydrogens is 390 g/mol. The molecule has 0 aliphatic rings. The van der Waals surface area contributed by atoms with Crippen LogP contribution < -0.4 is 0 Å². The summed E-state index contributed by atoms with van der Waals surface area (Å²) in [6.45, 7) is 2.54. The smallest absolute Gasteiger partial charge is 0.374 e. The molecule has 0 fully saturated rings. The molecule has 0 aliphatic carbocycles. The molecule has 4 aromatic rings. The molecule has 0 saturated heterocycles. The largest absolute Gasteiger partial charge is 0.467 e. The third-order valence-electron chi connectivity index (χ3n) is 4.36. The number of esters is 1. The Hall–Kier alpha value is -3.26. The number of carbonyl (C=O) groups excluding carboxylic acids is 1. The molecule has 1 aromatic carbocycles. The molecule has 29 heavy (non-hydrogen) atoms. The van der Waals surface area contributed by atoms with Gasteiger partial charge in [-0.3, -0.25) is 4.57 Å². The van der Waals surface area contributed by atoms with Crippen molar-refractivity contribution < 1.29 is 18.4 Å². The number of ether oxygens (including phenoxy) is 1. The molecule has 0 bridgehead atoms. The van der Waals surface area contributed by atoms with Crippen LogP contribution in [0.5, 0.6) is 0 Å². The van der Waals surface area contributed by atoms with E-state index in [1.807, 2.05) is 41.8 Å². The second kappa shape index (κ2) is 8.40. The SMILES string of the molecule is COC(=O)c1occc1CSc1nnc(-c2cccc(C)c2)n1Cc1ccco1. The van der Waals surface area contributed by atoms with E-state index >= 15 is 0 Å². The van der Waals surface area contributed by atoms with Crippen molar-refractivity contribution in [3.63, 3.8) is 0 Å². The number of furan rings is 2. The van der Waals surface area contributed by atoms with E-state index in [-0.39, 0.29) is 5.76 Å². The second-order valence-electron chi connectivity index (χ2n) is 6.40. The van der Waals surface area contributed by atoms with Crippen molar-refractivity contribution in [3.8, 4) is 11.4 Å². The maximum absolute atomic E-state index is 11.8. The minimum atomic E-state index is -0.497. The Kier molecular flexibility index (Phi) is 5.53. The summed E-state index contributed by atoms with van der Waals surface area (Å²) < 4.78 is 17.6. The monoisotopic (exact) mass is 409 g/mol. The van der Waals surface area contributed by atoms with Crippen LogP contribution in [-0.2, 0) is 17.0 Å². The Morgan fingerprint density at radius 3 is 2.79 bits per heavy atom. The highest BCUT2D eigenvalue weighted by Crippen LogP contribution is 2.29. The van der Waals surface area contributed by atoms with Gasteiger partial charge < -0.3 is 13.6 Å². The molecule has 0 N–H and O–H groups in total. The number of hydrogen-bond donors (Lipinski definition) is 0. The van der Waals surface area contributed by atoms with Crippen LogP contribution in [-0.4, -0.2) is 27.8 Å². The maximum atomic E-state index is 11.8. The summed E-state index contributed by atoms with van der Waals surface area (Å²) in [5, 5.41) is 9.52. The fraction of sp³-hybridized carbons (Fsp3) is 0.190. The summed E-state index contributed by atoms with van der Waals surface area (Å²) in [7, 11) is 1.33. The molecular formula is C21H19N3O4S. The Bertz CT molecular complexity index is 1110. The Labute approximate surface area is 171 Å². The third kappa shape index (κ3) is 4.12. The van der Waals surface area contributed by atoms with Crippen LogP contribution in [0.15, 0.2) is 69.0 Å². The lowest BCUT2D eigenvalue weighted by Gasteiger charge is -2.09. The molecule has 0 unspecified atom stereocenters. The Morgan fingerprint density at radius 1 is 1.14 bits per heavy atom. The lowest BCUT2D eigenvalue weighted by molar-refractivity contribution is 0.0564. The van der Waals surface area contributed by atoms with Crippen molar-refractivity contribution in [2.45, 2.75) is 24.4 Å². The summed E-state index contributed by atoms with van der Waals surface area (Å²) >= 11 is 1.47. The topological polar surface area (TPSA) is 83.3 Å². The van der Waals surface area contributed by atoms with Crippen molar-refractivity contribution >= 4 is 17.7 Å². The zero-order valence-electron chi connectivity index (χ0n) is 16.0. The lowest BCUT2D eigenvalue weighted by Crippen LogP contribution is -2.05. The average Bonchev–Trinajstić information content (AvgIpc) is 3.47. The van der Waals surface area contributed by atoms with Crippen molar-refractivity contribution in [3.05, 3.63) is 77.6 Å². The first-order valence-corrected chi connectivity index (χ1v) is 9.94. The minimum Gasteiger partial charge on any atom is -0.467 e. The van der Waals surface area contributed by atoms with Crippen molar-refractivity contribution in [1.29, 1.82) is 0 Å². The molecule has 0 atom stereocenters. The molecule has 0 spiro atoms. The van der Waals surface area contributed by atoms with E-state index in [0.717, 1.165) is 33.4 Å². The van der Waals surface area contributed by atoms with Crippen LogP contribution in [0.1, 0.15) is 27.4 Å². The number of hydrogen-bond acceptors (Lipinski definition) is 7. The van der Waals surface area contributed by atoms with E-state index in [1.54, 1.807) is 12.3 Å². The summed E-state index contributed by atoms with van der Waals surface area (Å²) in [6.07, 6.45) is 3.13. The van der Waals surface area contributed by atoms with Crippen LogP contribution in [0, 0.1) is 6.92 Å². The summed E-state index contributed by atoms with van der Waals surface area (Å²) in [6, 6.07) is 13.6. The number of rotatable bonds is 7. The quantitative estimate of drug-likeness (QED) is 0.327. The van der Waals surface area contributed by atoms with Crippen molar-refractivity contribution in [1.82, 2.24) is 14.8 Å². The zero-order chi connectivity index (χ0) is 20.2. The second-order valence-corrected chi connectivity index (χ2v) is 7.34. The number of aryl methyl sites for hydroxylation is 1. The van der Waals surface area contributed by atoms with E-state index in [0.29, 0.717) is 12.3 Å².